The number of para-hydroxylation sites is 2. The zero-order valence-electron chi connectivity index (χ0n) is 9.37. The van der Waals surface area contributed by atoms with Gasteiger partial charge in [-0.05, 0) is 25.0 Å². The average molecular weight is 215 g/mol. The molecule has 0 bridgehead atoms. The van der Waals surface area contributed by atoms with Crippen LogP contribution in [0.5, 0.6) is 0 Å². The van der Waals surface area contributed by atoms with Crippen molar-refractivity contribution in [2.75, 3.05) is 5.32 Å². The molecule has 1 heterocycles. The Labute approximate surface area is 95.8 Å². The Bertz CT molecular complexity index is 431. The fourth-order valence-electron chi connectivity index (χ4n) is 2.77. The number of aliphatic imine (C=N–C) groups is 1. The molecule has 16 heavy (non-hydrogen) atoms. The van der Waals surface area contributed by atoms with Crippen molar-refractivity contribution in [2.45, 2.75) is 37.6 Å². The van der Waals surface area contributed by atoms with Crippen molar-refractivity contribution < 1.29 is 0 Å². The van der Waals surface area contributed by atoms with Gasteiger partial charge in [0, 0.05) is 0 Å². The normalized spacial score (nSPS) is 22.1. The Morgan fingerprint density at radius 3 is 2.69 bits per heavy atom. The predicted octanol–water partition coefficient (Wildman–Crippen LogP) is 2.80. The monoisotopic (exact) mass is 215 g/mol. The first-order valence-electron chi connectivity index (χ1n) is 6.02. The second-order valence-electron chi connectivity index (χ2n) is 4.78. The van der Waals surface area contributed by atoms with E-state index in [1.165, 1.54) is 19.3 Å². The third-order valence-corrected chi connectivity index (χ3v) is 3.72. The number of benzene rings is 1. The molecule has 84 valence electrons. The van der Waals surface area contributed by atoms with Gasteiger partial charge in [0.15, 0.2) is 0 Å². The Kier molecular flexibility index (Phi) is 2.13. The van der Waals surface area contributed by atoms with Crippen LogP contribution in [0.1, 0.15) is 32.1 Å². The van der Waals surface area contributed by atoms with E-state index in [1.807, 2.05) is 18.2 Å². The second-order valence-corrected chi connectivity index (χ2v) is 4.78. The molecular weight excluding hydrogens is 198 g/mol. The van der Waals surface area contributed by atoms with Crippen LogP contribution in [0, 0.1) is 0 Å². The molecule has 0 atom stereocenters. The summed E-state index contributed by atoms with van der Waals surface area (Å²) < 4.78 is 0. The number of anilines is 1. The van der Waals surface area contributed by atoms with E-state index in [0.29, 0.717) is 0 Å². The third-order valence-electron chi connectivity index (χ3n) is 3.72. The van der Waals surface area contributed by atoms with Crippen LogP contribution in [0.25, 0.3) is 0 Å². The Morgan fingerprint density at radius 2 is 1.88 bits per heavy atom. The van der Waals surface area contributed by atoms with Crippen LogP contribution in [0.3, 0.4) is 0 Å². The van der Waals surface area contributed by atoms with Gasteiger partial charge in [-0.1, -0.05) is 31.4 Å². The molecule has 1 aromatic carbocycles. The highest BCUT2D eigenvalue weighted by atomic mass is 15.1. The summed E-state index contributed by atoms with van der Waals surface area (Å²) in [6.45, 7) is 0. The minimum absolute atomic E-state index is 0.0629. The molecule has 0 radical (unpaired) electrons. The van der Waals surface area contributed by atoms with Crippen molar-refractivity contribution in [3.63, 3.8) is 0 Å². The second kappa shape index (κ2) is 3.51. The van der Waals surface area contributed by atoms with E-state index in [0.717, 1.165) is 30.1 Å². The van der Waals surface area contributed by atoms with Gasteiger partial charge in [-0.3, -0.25) is 0 Å². The van der Waals surface area contributed by atoms with E-state index >= 15 is 0 Å². The molecule has 3 rings (SSSR count). The predicted molar refractivity (Wildman–Crippen MR) is 67.2 cm³/mol. The van der Waals surface area contributed by atoms with Crippen LogP contribution in [0.4, 0.5) is 11.4 Å². The summed E-state index contributed by atoms with van der Waals surface area (Å²) in [5.41, 5.74) is 8.18. The van der Waals surface area contributed by atoms with Crippen LogP contribution in [-0.2, 0) is 0 Å². The zero-order valence-corrected chi connectivity index (χ0v) is 9.37. The van der Waals surface area contributed by atoms with Gasteiger partial charge >= 0.3 is 0 Å². The van der Waals surface area contributed by atoms with Crippen LogP contribution < -0.4 is 11.1 Å². The van der Waals surface area contributed by atoms with Gasteiger partial charge in [0.05, 0.1) is 16.9 Å². The van der Waals surface area contributed by atoms with Gasteiger partial charge in [0.1, 0.15) is 5.84 Å². The van der Waals surface area contributed by atoms with Crippen molar-refractivity contribution >= 4 is 17.2 Å². The van der Waals surface area contributed by atoms with Crippen molar-refractivity contribution in [3.05, 3.63) is 24.3 Å². The molecule has 3 nitrogen and oxygen atoms in total. The minimum atomic E-state index is -0.0629. The van der Waals surface area contributed by atoms with Crippen LogP contribution in [0.2, 0.25) is 0 Å². The summed E-state index contributed by atoms with van der Waals surface area (Å²) >= 11 is 0. The summed E-state index contributed by atoms with van der Waals surface area (Å²) in [5.74, 6) is 0.769. The molecule has 1 saturated carbocycles. The maximum absolute atomic E-state index is 6.15. The molecule has 0 amide bonds. The molecule has 2 aliphatic rings. The quantitative estimate of drug-likeness (QED) is 0.699. The average Bonchev–Trinajstić information content (AvgIpc) is 2.32. The molecule has 0 unspecified atom stereocenters. The molecule has 1 aromatic rings. The highest BCUT2D eigenvalue weighted by molar-refractivity contribution is 5.99. The highest BCUT2D eigenvalue weighted by Gasteiger charge is 2.38. The van der Waals surface area contributed by atoms with Crippen LogP contribution in [0.15, 0.2) is 29.3 Å². The van der Waals surface area contributed by atoms with Gasteiger partial charge in [-0.25, -0.2) is 4.99 Å². The van der Waals surface area contributed by atoms with Crippen molar-refractivity contribution in [1.82, 2.24) is 0 Å². The number of hydrogen-bond acceptors (Lipinski definition) is 3. The van der Waals surface area contributed by atoms with Gasteiger partial charge < -0.3 is 11.1 Å². The summed E-state index contributed by atoms with van der Waals surface area (Å²) in [6, 6.07) is 8.13. The van der Waals surface area contributed by atoms with Gasteiger partial charge in [-0.15, -0.1) is 0 Å². The first-order chi connectivity index (χ1) is 7.80. The lowest BCUT2D eigenvalue weighted by Gasteiger charge is -2.41. The summed E-state index contributed by atoms with van der Waals surface area (Å²) in [5, 5.41) is 3.61. The van der Waals surface area contributed by atoms with Gasteiger partial charge in [0.25, 0.3) is 0 Å². The highest BCUT2D eigenvalue weighted by Crippen LogP contribution is 2.39. The van der Waals surface area contributed by atoms with Crippen molar-refractivity contribution in [1.29, 1.82) is 0 Å². The molecule has 0 aromatic heterocycles. The van der Waals surface area contributed by atoms with Gasteiger partial charge in [-0.2, -0.15) is 0 Å². The van der Waals surface area contributed by atoms with Crippen molar-refractivity contribution in [2.24, 2.45) is 10.7 Å². The number of fused-ring (bicyclic) bond motifs is 1. The van der Waals surface area contributed by atoms with E-state index in [1.54, 1.807) is 0 Å². The Morgan fingerprint density at radius 1 is 1.12 bits per heavy atom. The summed E-state index contributed by atoms with van der Waals surface area (Å²) in [7, 11) is 0. The SMILES string of the molecule is NC1=Nc2ccccc2NC12CCCCC2. The molecular formula is C13H17N3. The molecule has 0 saturated heterocycles. The van der Waals surface area contributed by atoms with E-state index in [4.69, 9.17) is 5.73 Å². The maximum atomic E-state index is 6.15. The Hall–Kier alpha value is -1.51. The Balaban J connectivity index is 2.02. The van der Waals surface area contributed by atoms with Crippen molar-refractivity contribution in [3.8, 4) is 0 Å². The lowest BCUT2D eigenvalue weighted by Crippen LogP contribution is -2.53. The molecule has 3 heteroatoms. The molecule has 1 aliphatic carbocycles. The zero-order chi connectivity index (χ0) is 11.0. The van der Waals surface area contributed by atoms with Crippen LogP contribution in [-0.4, -0.2) is 11.4 Å². The summed E-state index contributed by atoms with van der Waals surface area (Å²) in [4.78, 5) is 4.55. The first-order valence-corrected chi connectivity index (χ1v) is 6.02. The summed E-state index contributed by atoms with van der Waals surface area (Å²) in [6.07, 6.45) is 6.02. The van der Waals surface area contributed by atoms with E-state index in [2.05, 4.69) is 16.4 Å². The molecule has 3 N–H and O–H groups in total. The number of nitrogens with zero attached hydrogens (tertiary/aromatic N) is 1. The number of rotatable bonds is 0. The smallest absolute Gasteiger partial charge is 0.126 e. The fraction of sp³-hybridized carbons (Fsp3) is 0.462. The van der Waals surface area contributed by atoms with E-state index in [9.17, 15) is 0 Å². The van der Waals surface area contributed by atoms with Crippen LogP contribution >= 0.6 is 0 Å². The number of nitrogens with one attached hydrogen (secondary N) is 1. The first kappa shape index (κ1) is 9.70. The molecule has 1 fully saturated rings. The van der Waals surface area contributed by atoms with E-state index < -0.39 is 0 Å². The number of nitrogens with two attached hydrogens (primary N) is 1. The fourth-order valence-corrected chi connectivity index (χ4v) is 2.77. The minimum Gasteiger partial charge on any atom is -0.385 e. The standard InChI is InChI=1S/C13H17N3/c14-12-13(8-4-1-5-9-13)16-11-7-3-2-6-10(11)15-12/h2-3,6-7,16H,1,4-5,8-9H2,(H2,14,15). The number of hydrogen-bond donors (Lipinski definition) is 2. The van der Waals surface area contributed by atoms with Gasteiger partial charge in [0.2, 0.25) is 0 Å². The lowest BCUT2D eigenvalue weighted by atomic mass is 9.79. The molecule has 1 spiro atoms. The maximum Gasteiger partial charge on any atom is 0.126 e. The largest absolute Gasteiger partial charge is 0.385 e. The molecule has 1 aliphatic heterocycles. The number of amidine groups is 1. The van der Waals surface area contributed by atoms with E-state index in [-0.39, 0.29) is 5.54 Å². The third kappa shape index (κ3) is 1.39. The topological polar surface area (TPSA) is 50.4 Å². The lowest BCUT2D eigenvalue weighted by molar-refractivity contribution is 0.402.